The van der Waals surface area contributed by atoms with Gasteiger partial charge >= 0.3 is 5.91 Å². The number of amides is 1. The van der Waals surface area contributed by atoms with Gasteiger partial charge in [-0.3, -0.25) is 14.5 Å². The smallest absolute Gasteiger partial charge is 0.301 e. The van der Waals surface area contributed by atoms with Gasteiger partial charge in [-0.25, -0.2) is 4.98 Å². The number of hydrogen-bond acceptors (Lipinski definition) is 7. The molecule has 0 spiro atoms. The first-order valence-electron chi connectivity index (χ1n) is 13.5. The highest BCUT2D eigenvalue weighted by Gasteiger charge is 2.48. The van der Waals surface area contributed by atoms with Crippen LogP contribution in [0.5, 0.6) is 11.5 Å². The van der Waals surface area contributed by atoms with Crippen LogP contribution in [0, 0.1) is 6.92 Å². The standard InChI is InChI=1S/C32H30N2O5S/c1-4-5-14-38-23-10-7-20(8-11-23)28-27(29(35)21-9-13-25-22(17-21)16-19(3)39-25)30(36)31(37)34(28)32-33-24-12-6-18(2)15-26(24)40-32/h6-13,15,17,19,28,35H,4-5,14,16H2,1-3H3/b29-27+. The van der Waals surface area contributed by atoms with Crippen molar-refractivity contribution in [2.24, 2.45) is 0 Å². The fourth-order valence-corrected chi connectivity index (χ4v) is 6.36. The molecule has 1 amide bonds. The number of aliphatic hydroxyl groups excluding tert-OH is 1. The van der Waals surface area contributed by atoms with E-state index in [2.05, 4.69) is 6.92 Å². The van der Waals surface area contributed by atoms with E-state index in [0.29, 0.717) is 35.0 Å². The van der Waals surface area contributed by atoms with Crippen molar-refractivity contribution in [1.82, 2.24) is 4.98 Å². The summed E-state index contributed by atoms with van der Waals surface area (Å²) in [5.74, 6) is -0.203. The molecule has 1 saturated heterocycles. The Labute approximate surface area is 236 Å². The molecular weight excluding hydrogens is 524 g/mol. The second-order valence-electron chi connectivity index (χ2n) is 10.4. The van der Waals surface area contributed by atoms with Crippen molar-refractivity contribution in [3.8, 4) is 11.5 Å². The van der Waals surface area contributed by atoms with Crippen molar-refractivity contribution in [3.63, 3.8) is 0 Å². The Balaban J connectivity index is 1.47. The molecule has 0 aliphatic carbocycles. The molecule has 2 unspecified atom stereocenters. The normalized spacial score (nSPS) is 19.7. The number of fused-ring (bicyclic) bond motifs is 2. The molecule has 0 saturated carbocycles. The number of ketones is 1. The number of anilines is 1. The van der Waals surface area contributed by atoms with Crippen LogP contribution >= 0.6 is 11.3 Å². The highest BCUT2D eigenvalue weighted by molar-refractivity contribution is 7.22. The number of carbonyl (C=O) groups excluding carboxylic acids is 2. The highest BCUT2D eigenvalue weighted by Crippen LogP contribution is 2.45. The predicted molar refractivity (Wildman–Crippen MR) is 156 cm³/mol. The van der Waals surface area contributed by atoms with Crippen LogP contribution in [0.25, 0.3) is 16.0 Å². The summed E-state index contributed by atoms with van der Waals surface area (Å²) < 4.78 is 12.6. The number of Topliss-reactive ketones (excluding diaryl/α,β-unsaturated/α-hetero) is 1. The third kappa shape index (κ3) is 4.62. The molecule has 2 aliphatic rings. The summed E-state index contributed by atoms with van der Waals surface area (Å²) >= 11 is 1.35. The first-order chi connectivity index (χ1) is 19.3. The van der Waals surface area contributed by atoms with E-state index in [9.17, 15) is 14.7 Å². The molecule has 1 N–H and O–H groups in total. The van der Waals surface area contributed by atoms with Crippen LogP contribution in [0.15, 0.2) is 66.2 Å². The molecule has 3 aromatic carbocycles. The molecule has 1 aromatic heterocycles. The van der Waals surface area contributed by atoms with E-state index in [0.717, 1.165) is 39.9 Å². The van der Waals surface area contributed by atoms with Gasteiger partial charge in [0.15, 0.2) is 5.13 Å². The number of ether oxygens (including phenoxy) is 2. The minimum atomic E-state index is -0.852. The van der Waals surface area contributed by atoms with Crippen LogP contribution in [0.1, 0.15) is 55.0 Å². The third-order valence-corrected chi connectivity index (χ3v) is 8.33. The molecule has 1 fully saturated rings. The number of aryl methyl sites for hydroxylation is 1. The molecule has 0 bridgehead atoms. The predicted octanol–water partition coefficient (Wildman–Crippen LogP) is 6.73. The molecule has 4 aromatic rings. The van der Waals surface area contributed by atoms with Crippen molar-refractivity contribution in [2.75, 3.05) is 11.5 Å². The molecule has 40 heavy (non-hydrogen) atoms. The maximum atomic E-state index is 13.6. The van der Waals surface area contributed by atoms with Crippen molar-refractivity contribution >= 4 is 44.1 Å². The van der Waals surface area contributed by atoms with E-state index in [4.69, 9.17) is 14.5 Å². The van der Waals surface area contributed by atoms with Gasteiger partial charge in [0.1, 0.15) is 23.4 Å². The topological polar surface area (TPSA) is 89.0 Å². The Kier molecular flexibility index (Phi) is 6.80. The summed E-state index contributed by atoms with van der Waals surface area (Å²) in [5.41, 5.74) is 3.97. The van der Waals surface area contributed by atoms with E-state index in [1.165, 1.54) is 16.2 Å². The second-order valence-corrected chi connectivity index (χ2v) is 11.4. The summed E-state index contributed by atoms with van der Waals surface area (Å²) in [4.78, 5) is 33.3. The van der Waals surface area contributed by atoms with Crippen LogP contribution in [-0.4, -0.2) is 34.5 Å². The third-order valence-electron chi connectivity index (χ3n) is 7.32. The molecule has 0 radical (unpaired) electrons. The van der Waals surface area contributed by atoms with E-state index in [1.807, 2.05) is 62.4 Å². The lowest BCUT2D eigenvalue weighted by molar-refractivity contribution is -0.132. The van der Waals surface area contributed by atoms with Gasteiger partial charge in [-0.2, -0.15) is 0 Å². The molecule has 2 atom stereocenters. The van der Waals surface area contributed by atoms with Crippen LogP contribution in [0.4, 0.5) is 5.13 Å². The monoisotopic (exact) mass is 554 g/mol. The van der Waals surface area contributed by atoms with Crippen LogP contribution in [0.2, 0.25) is 0 Å². The van der Waals surface area contributed by atoms with Crippen molar-refractivity contribution < 1.29 is 24.2 Å². The Morgan fingerprint density at radius 2 is 1.93 bits per heavy atom. The molecule has 3 heterocycles. The maximum absolute atomic E-state index is 13.6. The molecule has 2 aliphatic heterocycles. The van der Waals surface area contributed by atoms with E-state index >= 15 is 0 Å². The van der Waals surface area contributed by atoms with E-state index < -0.39 is 17.7 Å². The Morgan fingerprint density at radius 3 is 2.70 bits per heavy atom. The Hall–Kier alpha value is -4.17. The number of thiazole rings is 1. The minimum absolute atomic E-state index is 0.0343. The average molecular weight is 555 g/mol. The lowest BCUT2D eigenvalue weighted by Crippen LogP contribution is -2.29. The van der Waals surface area contributed by atoms with Crippen LogP contribution in [-0.2, 0) is 16.0 Å². The molecule has 7 nitrogen and oxygen atoms in total. The number of aromatic nitrogens is 1. The maximum Gasteiger partial charge on any atom is 0.301 e. The largest absolute Gasteiger partial charge is 0.507 e. The fraction of sp³-hybridized carbons (Fsp3) is 0.281. The quantitative estimate of drug-likeness (QED) is 0.118. The van der Waals surface area contributed by atoms with Crippen molar-refractivity contribution in [2.45, 2.75) is 52.2 Å². The van der Waals surface area contributed by atoms with E-state index in [1.54, 1.807) is 12.1 Å². The highest BCUT2D eigenvalue weighted by atomic mass is 32.1. The summed E-state index contributed by atoms with van der Waals surface area (Å²) in [5, 5.41) is 12.0. The SMILES string of the molecule is CCCCOc1ccc(C2/C(=C(\O)c3ccc4c(c3)CC(C)O4)C(=O)C(=O)N2c2nc3ccc(C)cc3s2)cc1. The van der Waals surface area contributed by atoms with Crippen LogP contribution < -0.4 is 14.4 Å². The van der Waals surface area contributed by atoms with E-state index in [-0.39, 0.29) is 17.4 Å². The Bertz CT molecular complexity index is 1660. The number of hydrogen-bond donors (Lipinski definition) is 1. The zero-order valence-electron chi connectivity index (χ0n) is 22.6. The molecule has 204 valence electrons. The van der Waals surface area contributed by atoms with Gasteiger partial charge in [-0.1, -0.05) is 42.9 Å². The molecular formula is C32H30N2O5S. The lowest BCUT2D eigenvalue weighted by atomic mass is 9.94. The summed E-state index contributed by atoms with van der Waals surface area (Å²) in [6, 6.07) is 17.7. The number of carbonyl (C=O) groups is 2. The average Bonchev–Trinajstić information content (AvgIpc) is 3.60. The summed E-state index contributed by atoms with van der Waals surface area (Å²) in [7, 11) is 0. The first kappa shape index (κ1) is 26.1. The zero-order chi connectivity index (χ0) is 28.0. The van der Waals surface area contributed by atoms with Gasteiger partial charge in [0.05, 0.1) is 28.4 Å². The van der Waals surface area contributed by atoms with Gasteiger partial charge in [-0.05, 0) is 79.4 Å². The van der Waals surface area contributed by atoms with Gasteiger partial charge in [0, 0.05) is 12.0 Å². The van der Waals surface area contributed by atoms with Crippen molar-refractivity contribution in [3.05, 3.63) is 88.5 Å². The van der Waals surface area contributed by atoms with Gasteiger partial charge in [0.25, 0.3) is 5.78 Å². The van der Waals surface area contributed by atoms with Gasteiger partial charge in [0.2, 0.25) is 0 Å². The Morgan fingerprint density at radius 1 is 1.12 bits per heavy atom. The van der Waals surface area contributed by atoms with Gasteiger partial charge in [-0.15, -0.1) is 0 Å². The number of nitrogens with zero attached hydrogens (tertiary/aromatic N) is 2. The second kappa shape index (κ2) is 10.4. The number of unbranched alkanes of at least 4 members (excludes halogenated alkanes) is 1. The summed E-state index contributed by atoms with van der Waals surface area (Å²) in [6.45, 7) is 6.70. The fourth-order valence-electron chi connectivity index (χ4n) is 5.27. The minimum Gasteiger partial charge on any atom is -0.507 e. The lowest BCUT2D eigenvalue weighted by Gasteiger charge is -2.23. The molecule has 6 rings (SSSR count). The molecule has 8 heteroatoms. The van der Waals surface area contributed by atoms with Crippen molar-refractivity contribution in [1.29, 1.82) is 0 Å². The van der Waals surface area contributed by atoms with Gasteiger partial charge < -0.3 is 14.6 Å². The zero-order valence-corrected chi connectivity index (χ0v) is 23.5. The summed E-state index contributed by atoms with van der Waals surface area (Å²) in [6.07, 6.45) is 2.73. The van der Waals surface area contributed by atoms with Crippen LogP contribution in [0.3, 0.4) is 0 Å². The number of rotatable bonds is 7. The first-order valence-corrected chi connectivity index (χ1v) is 14.4. The number of aliphatic hydroxyl groups is 1. The number of benzene rings is 3.